The van der Waals surface area contributed by atoms with Crippen molar-refractivity contribution in [1.29, 1.82) is 5.26 Å². The lowest BCUT2D eigenvalue weighted by Gasteiger charge is -2.19. The van der Waals surface area contributed by atoms with Crippen LogP contribution in [-0.2, 0) is 14.3 Å². The number of hydrogen-bond donors (Lipinski definition) is 1. The molecule has 0 aliphatic heterocycles. The summed E-state index contributed by atoms with van der Waals surface area (Å²) in [5.74, 6) is -1.48. The Bertz CT molecular complexity index is 942. The van der Waals surface area contributed by atoms with Crippen molar-refractivity contribution in [3.05, 3.63) is 64.2 Å². The molecule has 0 saturated heterocycles. The van der Waals surface area contributed by atoms with Crippen LogP contribution < -0.4 is 10.2 Å². The molecule has 0 aromatic heterocycles. The van der Waals surface area contributed by atoms with Crippen molar-refractivity contribution in [3.8, 4) is 6.07 Å². The molecule has 0 bridgehead atoms. The van der Waals surface area contributed by atoms with Crippen LogP contribution in [0.4, 0.5) is 17.1 Å². The molecule has 0 unspecified atom stereocenters. The van der Waals surface area contributed by atoms with Gasteiger partial charge in [0.1, 0.15) is 12.2 Å². The van der Waals surface area contributed by atoms with E-state index in [2.05, 4.69) is 5.32 Å². The largest absolute Gasteiger partial charge is 0.452 e. The van der Waals surface area contributed by atoms with E-state index in [0.717, 1.165) is 6.07 Å². The highest BCUT2D eigenvalue weighted by molar-refractivity contribution is 5.97. The maximum Gasteiger partial charge on any atom is 0.338 e. The Kier molecular flexibility index (Phi) is 8.28. The van der Waals surface area contributed by atoms with Crippen LogP contribution >= 0.6 is 0 Å². The zero-order valence-corrected chi connectivity index (χ0v) is 16.2. The van der Waals surface area contributed by atoms with E-state index in [1.807, 2.05) is 6.07 Å². The second-order valence-electron chi connectivity index (χ2n) is 5.96. The standard InChI is InChI=1S/C20H20N4O6/c1-29-12-10-22-17-8-7-15(13-18(17)24(27)28)20(26)30-14-19(25)23(11-9-21)16-5-3-2-4-6-16/h2-8,13,22H,10-12,14H2,1H3. The number of rotatable bonds is 10. The Labute approximate surface area is 172 Å². The zero-order valence-electron chi connectivity index (χ0n) is 16.2. The summed E-state index contributed by atoms with van der Waals surface area (Å²) >= 11 is 0. The van der Waals surface area contributed by atoms with Gasteiger partial charge in [0.2, 0.25) is 0 Å². The minimum absolute atomic E-state index is 0.0710. The number of nitrogens with zero attached hydrogens (tertiary/aromatic N) is 3. The number of amides is 1. The molecular formula is C20H20N4O6. The number of carbonyl (C=O) groups excluding carboxylic acids is 2. The van der Waals surface area contributed by atoms with Crippen LogP contribution in [0.2, 0.25) is 0 Å². The van der Waals surface area contributed by atoms with E-state index < -0.39 is 23.4 Å². The minimum Gasteiger partial charge on any atom is -0.452 e. The first-order chi connectivity index (χ1) is 14.5. The summed E-state index contributed by atoms with van der Waals surface area (Å²) in [6.45, 7) is -0.127. The van der Waals surface area contributed by atoms with Gasteiger partial charge in [0, 0.05) is 25.4 Å². The Morgan fingerprint density at radius 1 is 1.23 bits per heavy atom. The molecule has 0 saturated carbocycles. The second kappa shape index (κ2) is 11.1. The van der Waals surface area contributed by atoms with Gasteiger partial charge in [0.25, 0.3) is 11.6 Å². The molecule has 2 aromatic carbocycles. The summed E-state index contributed by atoms with van der Waals surface area (Å²) in [7, 11) is 1.51. The van der Waals surface area contributed by atoms with Crippen molar-refractivity contribution >= 4 is 28.9 Å². The van der Waals surface area contributed by atoms with Gasteiger partial charge in [-0.15, -0.1) is 0 Å². The fraction of sp³-hybridized carbons (Fsp3) is 0.250. The topological polar surface area (TPSA) is 135 Å². The third-order valence-electron chi connectivity index (χ3n) is 3.98. The number of methoxy groups -OCH3 is 1. The summed E-state index contributed by atoms with van der Waals surface area (Å²) in [6.07, 6.45) is 0. The third kappa shape index (κ3) is 6.02. The van der Waals surface area contributed by atoms with Gasteiger partial charge in [-0.1, -0.05) is 18.2 Å². The number of carbonyl (C=O) groups is 2. The predicted molar refractivity (Wildman–Crippen MR) is 108 cm³/mol. The molecule has 2 aromatic rings. The van der Waals surface area contributed by atoms with Gasteiger partial charge >= 0.3 is 5.97 Å². The van der Waals surface area contributed by atoms with E-state index >= 15 is 0 Å². The number of benzene rings is 2. The van der Waals surface area contributed by atoms with Gasteiger partial charge < -0.3 is 14.8 Å². The number of ether oxygens (including phenoxy) is 2. The Hall–Kier alpha value is -3.97. The molecule has 0 aliphatic carbocycles. The zero-order chi connectivity index (χ0) is 21.9. The smallest absolute Gasteiger partial charge is 0.338 e. The van der Waals surface area contributed by atoms with Gasteiger partial charge in [0.05, 0.1) is 23.2 Å². The Morgan fingerprint density at radius 3 is 2.60 bits per heavy atom. The third-order valence-corrected chi connectivity index (χ3v) is 3.98. The van der Waals surface area contributed by atoms with Gasteiger partial charge in [-0.2, -0.15) is 5.26 Å². The summed E-state index contributed by atoms with van der Waals surface area (Å²) in [4.78, 5) is 36.6. The summed E-state index contributed by atoms with van der Waals surface area (Å²) in [6, 6.07) is 14.2. The Morgan fingerprint density at radius 2 is 1.97 bits per heavy atom. The van der Waals surface area contributed by atoms with Crippen LogP contribution in [0, 0.1) is 21.4 Å². The van der Waals surface area contributed by atoms with Crippen LogP contribution in [0.15, 0.2) is 48.5 Å². The lowest BCUT2D eigenvalue weighted by atomic mass is 10.1. The summed E-state index contributed by atoms with van der Waals surface area (Å²) in [5, 5.41) is 23.1. The molecule has 10 heteroatoms. The van der Waals surface area contributed by atoms with E-state index in [9.17, 15) is 19.7 Å². The van der Waals surface area contributed by atoms with Crippen LogP contribution in [0.1, 0.15) is 10.4 Å². The first-order valence-electron chi connectivity index (χ1n) is 8.88. The molecule has 10 nitrogen and oxygen atoms in total. The van der Waals surface area contributed by atoms with Gasteiger partial charge in [0.15, 0.2) is 6.61 Å². The van der Waals surface area contributed by atoms with Crippen LogP contribution in [0.3, 0.4) is 0 Å². The van der Waals surface area contributed by atoms with Crippen molar-refractivity contribution in [2.75, 3.05) is 43.6 Å². The molecule has 0 atom stereocenters. The monoisotopic (exact) mass is 412 g/mol. The van der Waals surface area contributed by atoms with Crippen molar-refractivity contribution in [3.63, 3.8) is 0 Å². The summed E-state index contributed by atoms with van der Waals surface area (Å²) in [5.41, 5.74) is 0.344. The fourth-order valence-corrected chi connectivity index (χ4v) is 2.54. The van der Waals surface area contributed by atoms with Gasteiger partial charge in [-0.25, -0.2) is 4.79 Å². The number of hydrogen-bond acceptors (Lipinski definition) is 8. The molecule has 0 radical (unpaired) electrons. The minimum atomic E-state index is -0.889. The number of nitro groups is 1. The number of para-hydroxylation sites is 1. The maximum absolute atomic E-state index is 12.4. The first-order valence-corrected chi connectivity index (χ1v) is 8.88. The van der Waals surface area contributed by atoms with Crippen molar-refractivity contribution < 1.29 is 24.0 Å². The number of nitro benzene ring substituents is 1. The maximum atomic E-state index is 12.4. The fourth-order valence-electron chi connectivity index (χ4n) is 2.54. The first kappa shape index (κ1) is 22.3. The second-order valence-corrected chi connectivity index (χ2v) is 5.96. The molecular weight excluding hydrogens is 392 g/mol. The molecule has 0 spiro atoms. The molecule has 0 aliphatic rings. The predicted octanol–water partition coefficient (Wildman–Crippen LogP) is 2.37. The molecule has 30 heavy (non-hydrogen) atoms. The molecule has 2 rings (SSSR count). The quantitative estimate of drug-likeness (QED) is 0.207. The van der Waals surface area contributed by atoms with E-state index in [4.69, 9.17) is 14.7 Å². The number of anilines is 2. The average Bonchev–Trinajstić information content (AvgIpc) is 2.76. The van der Waals surface area contributed by atoms with E-state index in [-0.39, 0.29) is 23.5 Å². The van der Waals surface area contributed by atoms with Gasteiger partial charge in [-0.05, 0) is 24.3 Å². The molecule has 1 N–H and O–H groups in total. The van der Waals surface area contributed by atoms with E-state index in [1.54, 1.807) is 30.3 Å². The lowest BCUT2D eigenvalue weighted by molar-refractivity contribution is -0.384. The number of nitrogens with one attached hydrogen (secondary N) is 1. The van der Waals surface area contributed by atoms with Crippen molar-refractivity contribution in [2.45, 2.75) is 0 Å². The van der Waals surface area contributed by atoms with Crippen molar-refractivity contribution in [1.82, 2.24) is 0 Å². The molecule has 0 fully saturated rings. The SMILES string of the molecule is COCCNc1ccc(C(=O)OCC(=O)N(CC#N)c2ccccc2)cc1[N+](=O)[O-]. The average molecular weight is 412 g/mol. The number of nitriles is 1. The van der Waals surface area contributed by atoms with Crippen LogP contribution in [-0.4, -0.2) is 50.2 Å². The highest BCUT2D eigenvalue weighted by Crippen LogP contribution is 2.26. The number of esters is 1. The normalized spacial score (nSPS) is 10.0. The highest BCUT2D eigenvalue weighted by atomic mass is 16.6. The van der Waals surface area contributed by atoms with E-state index in [1.165, 1.54) is 24.1 Å². The van der Waals surface area contributed by atoms with Crippen LogP contribution in [0.25, 0.3) is 0 Å². The summed E-state index contributed by atoms with van der Waals surface area (Å²) < 4.78 is 9.90. The van der Waals surface area contributed by atoms with Crippen LogP contribution in [0.5, 0.6) is 0 Å². The molecule has 1 amide bonds. The lowest BCUT2D eigenvalue weighted by Crippen LogP contribution is -2.35. The van der Waals surface area contributed by atoms with Gasteiger partial charge in [-0.3, -0.25) is 19.8 Å². The Balaban J connectivity index is 2.07. The molecule has 0 heterocycles. The molecule has 156 valence electrons. The van der Waals surface area contributed by atoms with Crippen molar-refractivity contribution in [2.24, 2.45) is 0 Å². The van der Waals surface area contributed by atoms with E-state index in [0.29, 0.717) is 18.8 Å². The highest BCUT2D eigenvalue weighted by Gasteiger charge is 2.21.